The van der Waals surface area contributed by atoms with Gasteiger partial charge in [-0.3, -0.25) is 20.4 Å². The zero-order valence-electron chi connectivity index (χ0n) is 14.6. The van der Waals surface area contributed by atoms with Gasteiger partial charge in [0.1, 0.15) is 11.5 Å². The first-order chi connectivity index (χ1) is 13.5. The number of carbonyl (C=O) groups excluding carboxylic acids is 2. The van der Waals surface area contributed by atoms with Crippen molar-refractivity contribution in [3.05, 3.63) is 70.7 Å². The molecule has 0 aliphatic rings. The molecule has 0 saturated heterocycles. The number of benzene rings is 3. The highest BCUT2D eigenvalue weighted by Gasteiger charge is 2.09. The summed E-state index contributed by atoms with van der Waals surface area (Å²) in [6.07, 6.45) is 0. The van der Waals surface area contributed by atoms with E-state index in [9.17, 15) is 9.59 Å². The molecule has 144 valence electrons. The number of ether oxygens (including phenoxy) is 2. The number of nitrogens with one attached hydrogen (secondary N) is 2. The van der Waals surface area contributed by atoms with Gasteiger partial charge in [0.25, 0.3) is 11.8 Å². The molecule has 0 spiro atoms. The van der Waals surface area contributed by atoms with Gasteiger partial charge in [-0.15, -0.1) is 0 Å². The Kier molecular flexibility index (Phi) is 6.57. The summed E-state index contributed by atoms with van der Waals surface area (Å²) >= 11 is 11.7. The van der Waals surface area contributed by atoms with Gasteiger partial charge in [-0.25, -0.2) is 0 Å². The van der Waals surface area contributed by atoms with Crippen molar-refractivity contribution in [2.45, 2.75) is 0 Å². The molecule has 6 nitrogen and oxygen atoms in total. The maximum atomic E-state index is 11.9. The average molecular weight is 419 g/mol. The highest BCUT2D eigenvalue weighted by atomic mass is 35.5. The predicted molar refractivity (Wildman–Crippen MR) is 108 cm³/mol. The molecule has 0 radical (unpaired) electrons. The molecule has 8 heteroatoms. The molecular weight excluding hydrogens is 403 g/mol. The first kappa shape index (κ1) is 19.8. The number of carbonyl (C=O) groups is 2. The van der Waals surface area contributed by atoms with E-state index in [4.69, 9.17) is 32.7 Å². The first-order valence-electron chi connectivity index (χ1n) is 8.29. The summed E-state index contributed by atoms with van der Waals surface area (Å²) in [5, 5.41) is 2.65. The minimum Gasteiger partial charge on any atom is -0.483 e. The van der Waals surface area contributed by atoms with E-state index in [1.807, 2.05) is 36.4 Å². The molecule has 0 fully saturated rings. The Balaban J connectivity index is 1.44. The molecule has 0 heterocycles. The topological polar surface area (TPSA) is 76.7 Å². The maximum absolute atomic E-state index is 11.9. The Labute approximate surface area is 171 Å². The van der Waals surface area contributed by atoms with Crippen LogP contribution in [-0.4, -0.2) is 25.0 Å². The molecule has 2 N–H and O–H groups in total. The van der Waals surface area contributed by atoms with Crippen molar-refractivity contribution in [3.63, 3.8) is 0 Å². The van der Waals surface area contributed by atoms with Crippen molar-refractivity contribution >= 4 is 45.8 Å². The van der Waals surface area contributed by atoms with Crippen LogP contribution in [-0.2, 0) is 9.59 Å². The molecule has 0 aliphatic heterocycles. The minimum atomic E-state index is -0.551. The van der Waals surface area contributed by atoms with Crippen molar-refractivity contribution < 1.29 is 19.1 Å². The number of amides is 2. The molecule has 0 bridgehead atoms. The van der Waals surface area contributed by atoms with E-state index in [1.54, 1.807) is 18.2 Å². The van der Waals surface area contributed by atoms with E-state index in [0.717, 1.165) is 10.8 Å². The van der Waals surface area contributed by atoms with Crippen molar-refractivity contribution in [1.29, 1.82) is 0 Å². The van der Waals surface area contributed by atoms with Crippen LogP contribution in [0.1, 0.15) is 0 Å². The third-order valence-corrected chi connectivity index (χ3v) is 4.23. The summed E-state index contributed by atoms with van der Waals surface area (Å²) in [6.45, 7) is -0.579. The van der Waals surface area contributed by atoms with Gasteiger partial charge in [-0.2, -0.15) is 0 Å². The Morgan fingerprint density at radius 1 is 0.786 bits per heavy atom. The minimum absolute atomic E-state index is 0.252. The smallest absolute Gasteiger partial charge is 0.276 e. The maximum Gasteiger partial charge on any atom is 0.276 e. The lowest BCUT2D eigenvalue weighted by atomic mass is 10.1. The highest BCUT2D eigenvalue weighted by Crippen LogP contribution is 2.27. The zero-order chi connectivity index (χ0) is 19.9. The number of hydrogen-bond acceptors (Lipinski definition) is 4. The Bertz CT molecular complexity index is 1010. The van der Waals surface area contributed by atoms with Gasteiger partial charge in [0.2, 0.25) is 0 Å². The fourth-order valence-electron chi connectivity index (χ4n) is 2.41. The summed E-state index contributed by atoms with van der Waals surface area (Å²) in [5.41, 5.74) is 4.51. The molecule has 0 unspecified atom stereocenters. The second kappa shape index (κ2) is 9.30. The molecule has 0 aromatic heterocycles. The van der Waals surface area contributed by atoms with Crippen LogP contribution in [0, 0.1) is 0 Å². The van der Waals surface area contributed by atoms with Crippen LogP contribution in [0.5, 0.6) is 11.5 Å². The monoisotopic (exact) mass is 418 g/mol. The Morgan fingerprint density at radius 3 is 2.14 bits per heavy atom. The third kappa shape index (κ3) is 5.28. The normalized spacial score (nSPS) is 10.4. The highest BCUT2D eigenvalue weighted by molar-refractivity contribution is 6.35. The number of rotatable bonds is 6. The van der Waals surface area contributed by atoms with E-state index in [1.165, 1.54) is 6.07 Å². The third-order valence-electron chi connectivity index (χ3n) is 3.70. The second-order valence-corrected chi connectivity index (χ2v) is 6.57. The quantitative estimate of drug-likeness (QED) is 0.597. The summed E-state index contributed by atoms with van der Waals surface area (Å²) < 4.78 is 10.8. The van der Waals surface area contributed by atoms with Gasteiger partial charge in [-0.05, 0) is 29.7 Å². The van der Waals surface area contributed by atoms with Crippen molar-refractivity contribution in [1.82, 2.24) is 10.9 Å². The molecule has 28 heavy (non-hydrogen) atoms. The van der Waals surface area contributed by atoms with E-state index >= 15 is 0 Å². The van der Waals surface area contributed by atoms with Crippen LogP contribution in [0.4, 0.5) is 0 Å². The molecule has 0 atom stereocenters. The molecular formula is C20H16Cl2N2O4. The van der Waals surface area contributed by atoms with E-state index in [2.05, 4.69) is 10.9 Å². The number of fused-ring (bicyclic) bond motifs is 1. The van der Waals surface area contributed by atoms with Crippen LogP contribution in [0.3, 0.4) is 0 Å². The molecule has 3 aromatic rings. The van der Waals surface area contributed by atoms with Crippen LogP contribution >= 0.6 is 23.2 Å². The van der Waals surface area contributed by atoms with Gasteiger partial charge in [-0.1, -0.05) is 59.6 Å². The van der Waals surface area contributed by atoms with Gasteiger partial charge >= 0.3 is 0 Å². The summed E-state index contributed by atoms with van der Waals surface area (Å²) in [7, 11) is 0. The largest absolute Gasteiger partial charge is 0.483 e. The van der Waals surface area contributed by atoms with E-state index < -0.39 is 11.8 Å². The zero-order valence-corrected chi connectivity index (χ0v) is 16.1. The standard InChI is InChI=1S/C20H16Cl2N2O4/c21-14-8-9-18(16(22)10-14)28-12-20(26)24-23-19(25)11-27-17-7-3-5-13-4-1-2-6-15(13)17/h1-10H,11-12H2,(H,23,25)(H,24,26). The Hall–Kier alpha value is -2.96. The number of halogens is 2. The van der Waals surface area contributed by atoms with Crippen LogP contribution in [0.15, 0.2) is 60.7 Å². The summed E-state index contributed by atoms with van der Waals surface area (Å²) in [4.78, 5) is 23.7. The lowest BCUT2D eigenvalue weighted by molar-refractivity contribution is -0.130. The van der Waals surface area contributed by atoms with Crippen molar-refractivity contribution in [2.75, 3.05) is 13.2 Å². The fraction of sp³-hybridized carbons (Fsp3) is 0.100. The van der Waals surface area contributed by atoms with Crippen LogP contribution in [0.25, 0.3) is 10.8 Å². The summed E-state index contributed by atoms with van der Waals surface area (Å²) in [5.74, 6) is -0.164. The molecule has 0 aliphatic carbocycles. The predicted octanol–water partition coefficient (Wildman–Crippen LogP) is 3.75. The lowest BCUT2D eigenvalue weighted by Crippen LogP contribution is -2.45. The first-order valence-corrected chi connectivity index (χ1v) is 9.04. The molecule has 3 rings (SSSR count). The Morgan fingerprint density at radius 2 is 1.43 bits per heavy atom. The van der Waals surface area contributed by atoms with Crippen LogP contribution in [0.2, 0.25) is 10.0 Å². The number of hydrogen-bond donors (Lipinski definition) is 2. The fourth-order valence-corrected chi connectivity index (χ4v) is 2.88. The average Bonchev–Trinajstić information content (AvgIpc) is 2.70. The molecule has 3 aromatic carbocycles. The van der Waals surface area contributed by atoms with Gasteiger partial charge in [0, 0.05) is 10.4 Å². The van der Waals surface area contributed by atoms with Crippen molar-refractivity contribution in [3.8, 4) is 11.5 Å². The SMILES string of the molecule is O=C(COc1ccc(Cl)cc1Cl)NNC(=O)COc1cccc2ccccc12. The number of hydrazine groups is 1. The van der Waals surface area contributed by atoms with E-state index in [0.29, 0.717) is 16.5 Å². The molecule has 0 saturated carbocycles. The summed E-state index contributed by atoms with van der Waals surface area (Å²) in [6, 6.07) is 17.9. The lowest BCUT2D eigenvalue weighted by Gasteiger charge is -2.11. The van der Waals surface area contributed by atoms with Crippen LogP contribution < -0.4 is 20.3 Å². The second-order valence-electron chi connectivity index (χ2n) is 5.73. The van der Waals surface area contributed by atoms with Gasteiger partial charge < -0.3 is 9.47 Å². The van der Waals surface area contributed by atoms with Gasteiger partial charge in [0.15, 0.2) is 13.2 Å². The molecule has 2 amide bonds. The van der Waals surface area contributed by atoms with Crippen molar-refractivity contribution in [2.24, 2.45) is 0 Å². The van der Waals surface area contributed by atoms with Gasteiger partial charge in [0.05, 0.1) is 5.02 Å². The van der Waals surface area contributed by atoms with E-state index in [-0.39, 0.29) is 18.2 Å².